The summed E-state index contributed by atoms with van der Waals surface area (Å²) in [7, 11) is 8.13. The summed E-state index contributed by atoms with van der Waals surface area (Å²) in [5, 5.41) is 12.7. The molecule has 0 aliphatic carbocycles. The number of nitriles is 1. The number of aryl methyl sites for hydroxylation is 1. The second-order valence-electron chi connectivity index (χ2n) is 7.52. The second kappa shape index (κ2) is 8.80. The fourth-order valence-electron chi connectivity index (χ4n) is 3.12. The van der Waals surface area contributed by atoms with Gasteiger partial charge in [-0.2, -0.15) is 10.2 Å². The van der Waals surface area contributed by atoms with E-state index in [0.717, 1.165) is 16.8 Å². The molecule has 1 heterocycles. The number of rotatable bonds is 7. The third-order valence-corrected chi connectivity index (χ3v) is 4.91. The van der Waals surface area contributed by atoms with E-state index in [1.54, 1.807) is 0 Å². The molecular weight excluding hydrogens is 362 g/mol. The Morgan fingerprint density at radius 3 is 2.24 bits per heavy atom. The number of hydrogen-bond acceptors (Lipinski definition) is 6. The number of nitrogens with zero attached hydrogens (tertiary/aromatic N) is 4. The zero-order valence-corrected chi connectivity index (χ0v) is 17.6. The Hall–Kier alpha value is -3.30. The lowest BCUT2D eigenvalue weighted by Crippen LogP contribution is -2.27. The number of anilines is 2. The van der Waals surface area contributed by atoms with Crippen LogP contribution in [0.2, 0.25) is 0 Å². The van der Waals surface area contributed by atoms with Crippen molar-refractivity contribution in [2.24, 2.45) is 0 Å². The summed E-state index contributed by atoms with van der Waals surface area (Å²) in [4.78, 5) is 8.56. The van der Waals surface area contributed by atoms with Gasteiger partial charge >= 0.3 is 0 Å². The van der Waals surface area contributed by atoms with E-state index in [1.165, 1.54) is 5.56 Å². The highest BCUT2D eigenvalue weighted by Crippen LogP contribution is 2.27. The molecule has 0 amide bonds. The van der Waals surface area contributed by atoms with Crippen molar-refractivity contribution in [2.75, 3.05) is 45.0 Å². The van der Waals surface area contributed by atoms with E-state index in [-0.39, 0.29) is 11.7 Å². The number of nitrogens with one attached hydrogen (secondary N) is 1. The fourth-order valence-corrected chi connectivity index (χ4v) is 3.12. The van der Waals surface area contributed by atoms with Crippen molar-refractivity contribution in [1.82, 2.24) is 9.88 Å². The molecule has 0 unspecified atom stereocenters. The first-order chi connectivity index (χ1) is 13.9. The summed E-state index contributed by atoms with van der Waals surface area (Å²) < 4.78 is 5.88. The van der Waals surface area contributed by atoms with Gasteiger partial charge in [-0.25, -0.2) is 0 Å². The fraction of sp³-hybridized carbons (Fsp3) is 0.304. The maximum absolute atomic E-state index is 9.47. The predicted molar refractivity (Wildman–Crippen MR) is 117 cm³/mol. The van der Waals surface area contributed by atoms with Crippen molar-refractivity contribution < 1.29 is 4.42 Å². The maximum atomic E-state index is 9.47. The molecule has 0 radical (unpaired) electrons. The predicted octanol–water partition coefficient (Wildman–Crippen LogP) is 4.30. The highest BCUT2D eigenvalue weighted by molar-refractivity contribution is 5.59. The van der Waals surface area contributed by atoms with Gasteiger partial charge in [0.05, 0.1) is 6.04 Å². The lowest BCUT2D eigenvalue weighted by atomic mass is 10.1. The van der Waals surface area contributed by atoms with E-state index < -0.39 is 0 Å². The summed E-state index contributed by atoms with van der Waals surface area (Å²) >= 11 is 0. The topological polar surface area (TPSA) is 68.3 Å². The molecule has 0 saturated carbocycles. The molecule has 3 rings (SSSR count). The number of aromatic nitrogens is 1. The molecule has 3 aromatic rings. The van der Waals surface area contributed by atoms with Crippen LogP contribution in [0.5, 0.6) is 0 Å². The molecule has 2 aromatic carbocycles. The van der Waals surface area contributed by atoms with E-state index in [2.05, 4.69) is 50.4 Å². The van der Waals surface area contributed by atoms with E-state index in [9.17, 15) is 5.26 Å². The minimum absolute atomic E-state index is 0.116. The number of oxazole rings is 1. The van der Waals surface area contributed by atoms with Gasteiger partial charge in [0.2, 0.25) is 17.5 Å². The molecule has 6 nitrogen and oxygen atoms in total. The van der Waals surface area contributed by atoms with Crippen LogP contribution in [-0.4, -0.2) is 44.6 Å². The highest BCUT2D eigenvalue weighted by Gasteiger charge is 2.18. The molecular formula is C23H27N5O. The third-order valence-electron chi connectivity index (χ3n) is 4.91. The summed E-state index contributed by atoms with van der Waals surface area (Å²) in [6, 6.07) is 18.6. The van der Waals surface area contributed by atoms with Crippen LogP contribution < -0.4 is 10.2 Å². The molecule has 1 N–H and O–H groups in total. The molecule has 0 saturated heterocycles. The summed E-state index contributed by atoms with van der Waals surface area (Å²) in [6.45, 7) is 2.62. The Morgan fingerprint density at radius 2 is 1.69 bits per heavy atom. The Balaban J connectivity index is 1.79. The smallest absolute Gasteiger partial charge is 0.232 e. The molecule has 6 heteroatoms. The van der Waals surface area contributed by atoms with E-state index in [4.69, 9.17) is 4.42 Å². The summed E-state index contributed by atoms with van der Waals surface area (Å²) in [5.74, 6) is 0.848. The lowest BCUT2D eigenvalue weighted by Gasteiger charge is -2.25. The Kier molecular flexibility index (Phi) is 6.20. The van der Waals surface area contributed by atoms with Crippen LogP contribution in [0.4, 0.5) is 11.6 Å². The van der Waals surface area contributed by atoms with Gasteiger partial charge in [0.25, 0.3) is 0 Å². The number of benzene rings is 2. The van der Waals surface area contributed by atoms with Crippen LogP contribution in [0.25, 0.3) is 11.5 Å². The van der Waals surface area contributed by atoms with Crippen LogP contribution in [-0.2, 0) is 0 Å². The molecule has 0 bridgehead atoms. The lowest BCUT2D eigenvalue weighted by molar-refractivity contribution is 0.310. The third kappa shape index (κ3) is 4.76. The van der Waals surface area contributed by atoms with Crippen molar-refractivity contribution >= 4 is 11.6 Å². The van der Waals surface area contributed by atoms with E-state index in [0.29, 0.717) is 18.3 Å². The minimum Gasteiger partial charge on any atom is -0.419 e. The average Bonchev–Trinajstić information content (AvgIpc) is 3.12. The van der Waals surface area contributed by atoms with Crippen molar-refractivity contribution in [2.45, 2.75) is 13.0 Å². The quantitative estimate of drug-likeness (QED) is 0.650. The summed E-state index contributed by atoms with van der Waals surface area (Å²) in [5.41, 5.74) is 4.62. The van der Waals surface area contributed by atoms with Crippen molar-refractivity contribution in [3.63, 3.8) is 0 Å². The SMILES string of the molecule is Cc1ccc(-c2nc(C#N)c(NC[C@@H](c3ccc(N(C)C)cc3)N(C)C)o2)cc1. The van der Waals surface area contributed by atoms with Gasteiger partial charge in [-0.1, -0.05) is 29.8 Å². The minimum atomic E-state index is 0.116. The van der Waals surface area contributed by atoms with Gasteiger partial charge in [-0.15, -0.1) is 0 Å². The van der Waals surface area contributed by atoms with Crippen molar-refractivity contribution in [1.29, 1.82) is 5.26 Å². The first kappa shape index (κ1) is 20.4. The van der Waals surface area contributed by atoms with Crippen LogP contribution >= 0.6 is 0 Å². The molecule has 1 atom stereocenters. The van der Waals surface area contributed by atoms with Gasteiger partial charge in [-0.3, -0.25) is 0 Å². The molecule has 0 aliphatic rings. The Labute approximate surface area is 172 Å². The molecule has 1 aromatic heterocycles. The summed E-state index contributed by atoms with van der Waals surface area (Å²) in [6.07, 6.45) is 0. The Morgan fingerprint density at radius 1 is 1.03 bits per heavy atom. The van der Waals surface area contributed by atoms with Crippen LogP contribution in [0.3, 0.4) is 0 Å². The number of likely N-dealkylation sites (N-methyl/N-ethyl adjacent to an activating group) is 1. The van der Waals surface area contributed by atoms with Gasteiger partial charge < -0.3 is 19.5 Å². The van der Waals surface area contributed by atoms with Crippen LogP contribution in [0.1, 0.15) is 22.9 Å². The van der Waals surface area contributed by atoms with Crippen molar-refractivity contribution in [3.8, 4) is 17.5 Å². The largest absolute Gasteiger partial charge is 0.419 e. The molecule has 0 spiro atoms. The zero-order chi connectivity index (χ0) is 21.0. The van der Waals surface area contributed by atoms with Gasteiger partial charge in [0.15, 0.2) is 0 Å². The Bertz CT molecular complexity index is 982. The normalized spacial score (nSPS) is 11.9. The molecule has 29 heavy (non-hydrogen) atoms. The van der Waals surface area contributed by atoms with Crippen molar-refractivity contribution in [3.05, 3.63) is 65.4 Å². The molecule has 0 fully saturated rings. The van der Waals surface area contributed by atoms with Gasteiger partial charge in [0.1, 0.15) is 6.07 Å². The monoisotopic (exact) mass is 389 g/mol. The molecule has 150 valence electrons. The average molecular weight is 390 g/mol. The second-order valence-corrected chi connectivity index (χ2v) is 7.52. The van der Waals surface area contributed by atoms with Gasteiger partial charge in [-0.05, 0) is 50.8 Å². The highest BCUT2D eigenvalue weighted by atomic mass is 16.4. The number of hydrogen-bond donors (Lipinski definition) is 1. The molecule has 0 aliphatic heterocycles. The first-order valence-corrected chi connectivity index (χ1v) is 9.54. The van der Waals surface area contributed by atoms with E-state index >= 15 is 0 Å². The van der Waals surface area contributed by atoms with Crippen LogP contribution in [0, 0.1) is 18.3 Å². The van der Waals surface area contributed by atoms with E-state index in [1.807, 2.05) is 59.4 Å². The standard InChI is InChI=1S/C23H27N5O/c1-16-6-8-18(9-7-16)22-26-20(14-24)23(29-22)25-15-21(28(4)5)17-10-12-19(13-11-17)27(2)3/h6-13,21,25H,15H2,1-5H3/t21-/m0/s1. The van der Waals surface area contributed by atoms with Crippen LogP contribution in [0.15, 0.2) is 52.9 Å². The maximum Gasteiger partial charge on any atom is 0.232 e. The zero-order valence-electron chi connectivity index (χ0n) is 17.6. The first-order valence-electron chi connectivity index (χ1n) is 9.54. The van der Waals surface area contributed by atoms with Gasteiger partial charge in [0, 0.05) is 31.9 Å².